The van der Waals surface area contributed by atoms with Gasteiger partial charge in [0, 0.05) is 17.8 Å². The van der Waals surface area contributed by atoms with E-state index in [0.717, 1.165) is 18.4 Å². The minimum Gasteiger partial charge on any atom is -0.348 e. The highest BCUT2D eigenvalue weighted by Gasteiger charge is 2.17. The van der Waals surface area contributed by atoms with Crippen LogP contribution in [0.3, 0.4) is 0 Å². The average molecular weight is 311 g/mol. The molecule has 1 saturated carbocycles. The van der Waals surface area contributed by atoms with Gasteiger partial charge in [-0.2, -0.15) is 0 Å². The first kappa shape index (κ1) is 17.1. The largest absolute Gasteiger partial charge is 0.348 e. The van der Waals surface area contributed by atoms with Crippen LogP contribution in [0.4, 0.5) is 0 Å². The van der Waals surface area contributed by atoms with E-state index in [1.54, 1.807) is 12.3 Å². The van der Waals surface area contributed by atoms with Crippen molar-refractivity contribution in [1.29, 1.82) is 0 Å². The number of rotatable bonds is 3. The van der Waals surface area contributed by atoms with E-state index in [2.05, 4.69) is 15.3 Å². The summed E-state index contributed by atoms with van der Waals surface area (Å²) in [5.74, 6) is 0.494. The Balaban J connectivity index is 0.000000924. The Morgan fingerprint density at radius 2 is 1.74 bits per heavy atom. The molecule has 0 unspecified atom stereocenters. The Bertz CT molecular complexity index is 607. The van der Waals surface area contributed by atoms with Gasteiger partial charge in [-0.25, -0.2) is 9.97 Å². The summed E-state index contributed by atoms with van der Waals surface area (Å²) in [6.07, 6.45) is 7.46. The van der Waals surface area contributed by atoms with Gasteiger partial charge in [-0.05, 0) is 18.9 Å². The summed E-state index contributed by atoms with van der Waals surface area (Å²) in [4.78, 5) is 20.9. The first-order chi connectivity index (χ1) is 11.3. The molecule has 122 valence electrons. The van der Waals surface area contributed by atoms with Crippen molar-refractivity contribution in [2.45, 2.75) is 52.0 Å². The highest BCUT2D eigenvalue weighted by Crippen LogP contribution is 2.18. The molecule has 1 fully saturated rings. The number of nitrogens with zero attached hydrogens (tertiary/aromatic N) is 2. The van der Waals surface area contributed by atoms with E-state index in [1.165, 1.54) is 19.3 Å². The molecular formula is C19H25N3O. The lowest BCUT2D eigenvalue weighted by Crippen LogP contribution is -2.36. The lowest BCUT2D eigenvalue weighted by molar-refractivity contribution is 0.0922. The number of benzene rings is 1. The Morgan fingerprint density at radius 1 is 1.04 bits per heavy atom. The van der Waals surface area contributed by atoms with E-state index in [0.29, 0.717) is 17.6 Å². The van der Waals surface area contributed by atoms with Gasteiger partial charge in [-0.1, -0.05) is 63.4 Å². The molecule has 0 bridgehead atoms. The zero-order valence-corrected chi connectivity index (χ0v) is 14.0. The Morgan fingerprint density at radius 3 is 2.43 bits per heavy atom. The molecule has 2 aromatic rings. The molecule has 1 aromatic carbocycles. The molecule has 1 aliphatic carbocycles. The predicted octanol–water partition coefficient (Wildman–Crippen LogP) is 4.23. The van der Waals surface area contributed by atoms with Crippen LogP contribution in [-0.4, -0.2) is 21.9 Å². The molecule has 1 aromatic heterocycles. The van der Waals surface area contributed by atoms with Gasteiger partial charge in [-0.3, -0.25) is 4.79 Å². The van der Waals surface area contributed by atoms with E-state index >= 15 is 0 Å². The highest BCUT2D eigenvalue weighted by atomic mass is 16.1. The third kappa shape index (κ3) is 4.88. The molecule has 1 amide bonds. The van der Waals surface area contributed by atoms with Crippen molar-refractivity contribution in [1.82, 2.24) is 15.3 Å². The molecular weight excluding hydrogens is 286 g/mol. The molecule has 4 nitrogen and oxygen atoms in total. The molecule has 3 rings (SSSR count). The van der Waals surface area contributed by atoms with E-state index in [4.69, 9.17) is 0 Å². The summed E-state index contributed by atoms with van der Waals surface area (Å²) in [7, 11) is 0. The Hall–Kier alpha value is -2.23. The van der Waals surface area contributed by atoms with Crippen molar-refractivity contribution in [2.75, 3.05) is 0 Å². The minimum absolute atomic E-state index is 0.0959. The lowest BCUT2D eigenvalue weighted by Gasteiger charge is -2.22. The number of amides is 1. The molecule has 1 N–H and O–H groups in total. The highest BCUT2D eigenvalue weighted by molar-refractivity contribution is 5.92. The fraction of sp³-hybridized carbons (Fsp3) is 0.421. The molecule has 1 heterocycles. The normalized spacial score (nSPS) is 14.5. The topological polar surface area (TPSA) is 54.9 Å². The molecule has 0 radical (unpaired) electrons. The number of hydrogen-bond donors (Lipinski definition) is 1. The summed E-state index contributed by atoms with van der Waals surface area (Å²) in [6, 6.07) is 11.7. The molecule has 23 heavy (non-hydrogen) atoms. The van der Waals surface area contributed by atoms with Gasteiger partial charge in [0.1, 0.15) is 5.69 Å². The molecule has 0 spiro atoms. The maximum absolute atomic E-state index is 12.3. The second-order valence-electron chi connectivity index (χ2n) is 5.44. The molecule has 0 saturated heterocycles. The maximum atomic E-state index is 12.3. The van der Waals surface area contributed by atoms with E-state index in [-0.39, 0.29) is 5.91 Å². The van der Waals surface area contributed by atoms with E-state index < -0.39 is 0 Å². The van der Waals surface area contributed by atoms with Crippen LogP contribution in [0.1, 0.15) is 56.4 Å². The maximum Gasteiger partial charge on any atom is 0.270 e. The quantitative estimate of drug-likeness (QED) is 0.922. The summed E-state index contributed by atoms with van der Waals surface area (Å²) in [6.45, 7) is 4.00. The third-order valence-corrected chi connectivity index (χ3v) is 3.86. The fourth-order valence-electron chi connectivity index (χ4n) is 2.72. The second kappa shape index (κ2) is 9.03. The number of hydrogen-bond acceptors (Lipinski definition) is 3. The van der Waals surface area contributed by atoms with Crippen LogP contribution >= 0.6 is 0 Å². The van der Waals surface area contributed by atoms with Crippen molar-refractivity contribution in [2.24, 2.45) is 0 Å². The first-order valence-corrected chi connectivity index (χ1v) is 8.52. The first-order valence-electron chi connectivity index (χ1n) is 8.52. The summed E-state index contributed by atoms with van der Waals surface area (Å²) in [5, 5.41) is 3.08. The zero-order chi connectivity index (χ0) is 16.5. The summed E-state index contributed by atoms with van der Waals surface area (Å²) < 4.78 is 0. The van der Waals surface area contributed by atoms with Gasteiger partial charge in [0.25, 0.3) is 5.91 Å². The minimum atomic E-state index is -0.0959. The standard InChI is InChI=1S/C17H19N3O.C2H6/c21-17(19-14-9-5-2-6-10-14)15-11-12-18-16(20-15)13-7-3-1-4-8-13;1-2/h1,3-4,7-8,11-12,14H,2,5-6,9-10H2,(H,19,21);1-2H3. The molecule has 1 aliphatic rings. The van der Waals surface area contributed by atoms with Crippen LogP contribution < -0.4 is 5.32 Å². The fourth-order valence-corrected chi connectivity index (χ4v) is 2.72. The Kier molecular flexibility index (Phi) is 6.73. The van der Waals surface area contributed by atoms with E-state index in [1.807, 2.05) is 44.2 Å². The van der Waals surface area contributed by atoms with Crippen LogP contribution in [0.15, 0.2) is 42.6 Å². The number of aromatic nitrogens is 2. The van der Waals surface area contributed by atoms with Crippen LogP contribution in [0, 0.1) is 0 Å². The van der Waals surface area contributed by atoms with Gasteiger partial charge in [0.15, 0.2) is 5.82 Å². The molecule has 0 atom stereocenters. The molecule has 0 aliphatic heterocycles. The van der Waals surface area contributed by atoms with Crippen LogP contribution in [0.25, 0.3) is 11.4 Å². The van der Waals surface area contributed by atoms with Gasteiger partial charge < -0.3 is 5.32 Å². The lowest BCUT2D eigenvalue weighted by atomic mass is 9.95. The van der Waals surface area contributed by atoms with Crippen molar-refractivity contribution in [3.05, 3.63) is 48.3 Å². The number of carbonyl (C=O) groups excluding carboxylic acids is 1. The average Bonchev–Trinajstić information content (AvgIpc) is 2.65. The van der Waals surface area contributed by atoms with E-state index in [9.17, 15) is 4.79 Å². The number of carbonyl (C=O) groups is 1. The van der Waals surface area contributed by atoms with Crippen molar-refractivity contribution in [3.63, 3.8) is 0 Å². The summed E-state index contributed by atoms with van der Waals surface area (Å²) in [5.41, 5.74) is 1.36. The third-order valence-electron chi connectivity index (χ3n) is 3.86. The zero-order valence-electron chi connectivity index (χ0n) is 14.0. The Labute approximate surface area is 138 Å². The van der Waals surface area contributed by atoms with Gasteiger partial charge >= 0.3 is 0 Å². The molecule has 4 heteroatoms. The van der Waals surface area contributed by atoms with Crippen LogP contribution in [-0.2, 0) is 0 Å². The second-order valence-corrected chi connectivity index (χ2v) is 5.44. The van der Waals surface area contributed by atoms with Crippen LogP contribution in [0.2, 0.25) is 0 Å². The van der Waals surface area contributed by atoms with Crippen molar-refractivity contribution in [3.8, 4) is 11.4 Å². The number of nitrogens with one attached hydrogen (secondary N) is 1. The predicted molar refractivity (Wildman–Crippen MR) is 93.2 cm³/mol. The van der Waals surface area contributed by atoms with Crippen molar-refractivity contribution < 1.29 is 4.79 Å². The van der Waals surface area contributed by atoms with Gasteiger partial charge in [0.2, 0.25) is 0 Å². The SMILES string of the molecule is CC.O=C(NC1CCCCC1)c1ccnc(-c2ccccc2)n1. The van der Waals surface area contributed by atoms with Gasteiger partial charge in [0.05, 0.1) is 0 Å². The summed E-state index contributed by atoms with van der Waals surface area (Å²) >= 11 is 0. The van der Waals surface area contributed by atoms with Gasteiger partial charge in [-0.15, -0.1) is 0 Å². The van der Waals surface area contributed by atoms with Crippen molar-refractivity contribution >= 4 is 5.91 Å². The van der Waals surface area contributed by atoms with Crippen LogP contribution in [0.5, 0.6) is 0 Å². The smallest absolute Gasteiger partial charge is 0.270 e. The monoisotopic (exact) mass is 311 g/mol.